The van der Waals surface area contributed by atoms with Crippen LogP contribution < -0.4 is 5.32 Å². The molecule has 0 aliphatic heterocycles. The molecule has 0 bridgehead atoms. The van der Waals surface area contributed by atoms with Crippen molar-refractivity contribution in [2.45, 2.75) is 17.7 Å². The Morgan fingerprint density at radius 2 is 2.00 bits per heavy atom. The number of hydrogen-bond donors (Lipinski definition) is 1. The topological polar surface area (TPSA) is 66.5 Å². The smallest absolute Gasteiger partial charge is 0.242 e. The molecule has 112 valence electrons. The molecular weight excluding hydrogens is 323 g/mol. The molecule has 1 aromatic rings. The van der Waals surface area contributed by atoms with Gasteiger partial charge in [0.1, 0.15) is 0 Å². The molecule has 0 heterocycles. The van der Waals surface area contributed by atoms with Crippen LogP contribution in [0.5, 0.6) is 0 Å². The number of carbonyl (C=O) groups excluding carboxylic acids is 1. The minimum Gasteiger partial charge on any atom is -0.325 e. The van der Waals surface area contributed by atoms with Crippen LogP contribution in [0.3, 0.4) is 0 Å². The maximum Gasteiger partial charge on any atom is 0.242 e. The van der Waals surface area contributed by atoms with Crippen LogP contribution >= 0.6 is 23.2 Å². The number of amides is 1. The minimum atomic E-state index is -3.57. The van der Waals surface area contributed by atoms with Gasteiger partial charge in [0, 0.05) is 26.4 Å². The lowest BCUT2D eigenvalue weighted by Gasteiger charge is -2.13. The molecule has 0 atom stereocenters. The molecule has 0 fully saturated rings. The quantitative estimate of drug-likeness (QED) is 0.810. The number of benzene rings is 1. The Morgan fingerprint density at radius 3 is 2.55 bits per heavy atom. The summed E-state index contributed by atoms with van der Waals surface area (Å²) in [6.07, 6.45) is 0.797. The summed E-state index contributed by atoms with van der Waals surface area (Å²) in [6, 6.07) is 4.18. The number of hydrogen-bond acceptors (Lipinski definition) is 3. The molecule has 20 heavy (non-hydrogen) atoms. The van der Waals surface area contributed by atoms with Crippen LogP contribution in [0.2, 0.25) is 5.02 Å². The fraction of sp³-hybridized carbons (Fsp3) is 0.417. The van der Waals surface area contributed by atoms with Crippen molar-refractivity contribution in [3.05, 3.63) is 23.2 Å². The van der Waals surface area contributed by atoms with Gasteiger partial charge in [-0.2, -0.15) is 0 Å². The summed E-state index contributed by atoms with van der Waals surface area (Å²) in [4.78, 5) is 11.7. The number of nitrogens with zero attached hydrogens (tertiary/aromatic N) is 1. The summed E-state index contributed by atoms with van der Waals surface area (Å²) in [5, 5.41) is 2.86. The molecule has 0 aliphatic carbocycles. The zero-order valence-corrected chi connectivity index (χ0v) is 13.5. The Balaban J connectivity index is 3.01. The first-order valence-corrected chi connectivity index (χ1v) is 8.22. The van der Waals surface area contributed by atoms with Gasteiger partial charge in [-0.3, -0.25) is 4.79 Å². The standard InChI is InChI=1S/C12H16Cl2N2O3S/c1-16(2)20(18,19)9-5-6-10(14)11(8-9)15-12(17)4-3-7-13/h5-6,8H,3-4,7H2,1-2H3,(H,15,17). The van der Waals surface area contributed by atoms with E-state index in [0.717, 1.165) is 4.31 Å². The van der Waals surface area contributed by atoms with Crippen molar-refractivity contribution >= 4 is 44.8 Å². The van der Waals surface area contributed by atoms with Crippen molar-refractivity contribution in [1.29, 1.82) is 0 Å². The molecule has 1 rings (SSSR count). The average Bonchev–Trinajstić information content (AvgIpc) is 2.38. The highest BCUT2D eigenvalue weighted by molar-refractivity contribution is 7.89. The van der Waals surface area contributed by atoms with Crippen LogP contribution in [-0.4, -0.2) is 38.6 Å². The van der Waals surface area contributed by atoms with Gasteiger partial charge in [-0.25, -0.2) is 12.7 Å². The van der Waals surface area contributed by atoms with Crippen molar-refractivity contribution < 1.29 is 13.2 Å². The third-order valence-corrected chi connectivity index (χ3v) is 4.94. The van der Waals surface area contributed by atoms with E-state index < -0.39 is 10.0 Å². The van der Waals surface area contributed by atoms with Crippen LogP contribution in [0.4, 0.5) is 5.69 Å². The minimum absolute atomic E-state index is 0.0690. The molecule has 8 heteroatoms. The number of rotatable bonds is 6. The third-order valence-electron chi connectivity index (χ3n) is 2.53. The number of carbonyl (C=O) groups is 1. The van der Waals surface area contributed by atoms with Crippen molar-refractivity contribution in [3.63, 3.8) is 0 Å². The number of nitrogens with one attached hydrogen (secondary N) is 1. The van der Waals surface area contributed by atoms with Crippen molar-refractivity contribution in [3.8, 4) is 0 Å². The third kappa shape index (κ3) is 4.34. The Bertz CT molecular complexity index is 588. The van der Waals surface area contributed by atoms with Crippen molar-refractivity contribution in [2.24, 2.45) is 0 Å². The molecule has 0 aromatic heterocycles. The van der Waals surface area contributed by atoms with E-state index in [-0.39, 0.29) is 27.9 Å². The first-order valence-electron chi connectivity index (χ1n) is 5.87. The van der Waals surface area contributed by atoms with Gasteiger partial charge in [0.15, 0.2) is 0 Å². The van der Waals surface area contributed by atoms with Crippen molar-refractivity contribution in [2.75, 3.05) is 25.3 Å². The molecule has 0 aliphatic rings. The molecule has 0 saturated heterocycles. The van der Waals surface area contributed by atoms with Gasteiger partial charge in [0.05, 0.1) is 15.6 Å². The summed E-state index contributed by atoms with van der Waals surface area (Å²) in [6.45, 7) is 0. The second-order valence-corrected chi connectivity index (χ2v) is 7.21. The predicted octanol–water partition coefficient (Wildman–Crippen LogP) is 2.55. The molecule has 1 aromatic carbocycles. The van der Waals surface area contributed by atoms with Gasteiger partial charge in [-0.05, 0) is 24.6 Å². The van der Waals surface area contributed by atoms with Gasteiger partial charge < -0.3 is 5.32 Å². The fourth-order valence-electron chi connectivity index (χ4n) is 1.41. The van der Waals surface area contributed by atoms with Gasteiger partial charge in [-0.1, -0.05) is 11.6 Å². The Morgan fingerprint density at radius 1 is 1.35 bits per heavy atom. The number of halogens is 2. The van der Waals surface area contributed by atoms with Gasteiger partial charge in [0.2, 0.25) is 15.9 Å². The van der Waals surface area contributed by atoms with E-state index in [1.807, 2.05) is 0 Å². The number of anilines is 1. The zero-order chi connectivity index (χ0) is 15.3. The first kappa shape index (κ1) is 17.2. The van der Waals surface area contributed by atoms with E-state index in [1.54, 1.807) is 0 Å². The molecular formula is C12H16Cl2N2O3S. The Kier molecular flexibility index (Phi) is 6.26. The van der Waals surface area contributed by atoms with E-state index in [2.05, 4.69) is 5.32 Å². The maximum atomic E-state index is 12.0. The summed E-state index contributed by atoms with van der Waals surface area (Å²) in [5.41, 5.74) is 0.272. The second-order valence-electron chi connectivity index (χ2n) is 4.27. The molecule has 1 amide bonds. The molecule has 0 spiro atoms. The largest absolute Gasteiger partial charge is 0.325 e. The van der Waals surface area contributed by atoms with E-state index in [9.17, 15) is 13.2 Å². The number of alkyl halides is 1. The Hall–Kier alpha value is -0.820. The van der Waals surface area contributed by atoms with Crippen LogP contribution in [0, 0.1) is 0 Å². The second kappa shape index (κ2) is 7.26. The van der Waals surface area contributed by atoms with Crippen LogP contribution in [0.1, 0.15) is 12.8 Å². The highest BCUT2D eigenvalue weighted by atomic mass is 35.5. The van der Waals surface area contributed by atoms with Gasteiger partial charge in [0.25, 0.3) is 0 Å². The predicted molar refractivity (Wildman–Crippen MR) is 80.9 cm³/mol. The van der Waals surface area contributed by atoms with Crippen LogP contribution in [-0.2, 0) is 14.8 Å². The number of sulfonamides is 1. The lowest BCUT2D eigenvalue weighted by Crippen LogP contribution is -2.22. The summed E-state index contributed by atoms with van der Waals surface area (Å²) >= 11 is 11.5. The summed E-state index contributed by atoms with van der Waals surface area (Å²) < 4.78 is 25.1. The molecule has 0 saturated carbocycles. The van der Waals surface area contributed by atoms with E-state index in [4.69, 9.17) is 23.2 Å². The monoisotopic (exact) mass is 338 g/mol. The molecule has 0 unspecified atom stereocenters. The molecule has 0 radical (unpaired) electrons. The van der Waals surface area contributed by atoms with E-state index in [0.29, 0.717) is 12.3 Å². The van der Waals surface area contributed by atoms with Gasteiger partial charge >= 0.3 is 0 Å². The summed E-state index contributed by atoms with van der Waals surface area (Å²) in [5.74, 6) is 0.128. The lowest BCUT2D eigenvalue weighted by atomic mass is 10.3. The van der Waals surface area contributed by atoms with E-state index >= 15 is 0 Å². The normalized spacial score (nSPS) is 11.7. The highest BCUT2D eigenvalue weighted by Crippen LogP contribution is 2.26. The summed E-state index contributed by atoms with van der Waals surface area (Å²) in [7, 11) is -0.700. The van der Waals surface area contributed by atoms with Gasteiger partial charge in [-0.15, -0.1) is 11.6 Å². The van der Waals surface area contributed by atoms with Crippen LogP contribution in [0.25, 0.3) is 0 Å². The maximum absolute atomic E-state index is 12.0. The Labute approximate surface area is 128 Å². The zero-order valence-electron chi connectivity index (χ0n) is 11.2. The van der Waals surface area contributed by atoms with Crippen LogP contribution in [0.15, 0.2) is 23.1 Å². The van der Waals surface area contributed by atoms with Crippen molar-refractivity contribution in [1.82, 2.24) is 4.31 Å². The highest BCUT2D eigenvalue weighted by Gasteiger charge is 2.19. The van der Waals surface area contributed by atoms with E-state index in [1.165, 1.54) is 32.3 Å². The molecule has 1 N–H and O–H groups in total. The SMILES string of the molecule is CN(C)S(=O)(=O)c1ccc(Cl)c(NC(=O)CCCCl)c1. The molecule has 5 nitrogen and oxygen atoms in total. The fourth-order valence-corrected chi connectivity index (χ4v) is 2.64. The average molecular weight is 339 g/mol. The lowest BCUT2D eigenvalue weighted by molar-refractivity contribution is -0.116. The first-order chi connectivity index (χ1) is 9.28.